The summed E-state index contributed by atoms with van der Waals surface area (Å²) in [5.41, 5.74) is 3.77. The molecule has 32 heavy (non-hydrogen) atoms. The summed E-state index contributed by atoms with van der Waals surface area (Å²) in [5, 5.41) is 8.45. The summed E-state index contributed by atoms with van der Waals surface area (Å²) >= 11 is 0. The quantitative estimate of drug-likeness (QED) is 0.472. The Bertz CT molecular complexity index is 1260. The highest BCUT2D eigenvalue weighted by atomic mass is 16.5. The maximum Gasteiger partial charge on any atom is 0.170 e. The first-order chi connectivity index (χ1) is 15.6. The van der Waals surface area contributed by atoms with Crippen LogP contribution in [0.2, 0.25) is 0 Å². The highest BCUT2D eigenvalue weighted by molar-refractivity contribution is 5.97. The number of ether oxygens (including phenoxy) is 1. The van der Waals surface area contributed by atoms with Crippen LogP contribution in [-0.4, -0.2) is 49.7 Å². The van der Waals surface area contributed by atoms with Gasteiger partial charge in [-0.05, 0) is 50.2 Å². The first-order valence-electron chi connectivity index (χ1n) is 10.7. The summed E-state index contributed by atoms with van der Waals surface area (Å²) in [5.74, 6) is 0.584. The molecule has 0 unspecified atom stereocenters. The van der Waals surface area contributed by atoms with Crippen LogP contribution < -0.4 is 10.1 Å². The van der Waals surface area contributed by atoms with Crippen molar-refractivity contribution in [2.75, 3.05) is 13.1 Å². The van der Waals surface area contributed by atoms with Gasteiger partial charge in [-0.15, -0.1) is 0 Å². The van der Waals surface area contributed by atoms with Crippen LogP contribution in [0.25, 0.3) is 22.2 Å². The molecule has 0 atom stereocenters. The van der Waals surface area contributed by atoms with Gasteiger partial charge in [0, 0.05) is 42.2 Å². The Hall–Kier alpha value is -3.65. The van der Waals surface area contributed by atoms with Crippen molar-refractivity contribution >= 4 is 16.7 Å². The minimum absolute atomic E-state index is 0.0523. The molecule has 0 bridgehead atoms. The molecule has 0 radical (unpaired) electrons. The normalized spacial score (nSPS) is 14.5. The topological polar surface area (TPSA) is 94.8 Å². The maximum atomic E-state index is 12.9. The van der Waals surface area contributed by atoms with Gasteiger partial charge in [-0.25, -0.2) is 4.98 Å². The number of pyridine rings is 3. The Morgan fingerprint density at radius 1 is 1.16 bits per heavy atom. The number of aryl methyl sites for hydroxylation is 1. The van der Waals surface area contributed by atoms with Crippen LogP contribution in [-0.2, 0) is 13.5 Å². The lowest BCUT2D eigenvalue weighted by Crippen LogP contribution is -2.34. The fraction of sp³-hybridized carbons (Fsp3) is 0.292. The third-order valence-corrected chi connectivity index (χ3v) is 5.60. The summed E-state index contributed by atoms with van der Waals surface area (Å²) in [6, 6.07) is 7.58. The fourth-order valence-corrected chi connectivity index (χ4v) is 3.88. The molecule has 1 aliphatic heterocycles. The largest absolute Gasteiger partial charge is 0.489 e. The molecule has 0 aliphatic carbocycles. The van der Waals surface area contributed by atoms with Crippen molar-refractivity contribution in [3.05, 3.63) is 66.5 Å². The van der Waals surface area contributed by atoms with E-state index in [2.05, 4.69) is 20.4 Å². The van der Waals surface area contributed by atoms with E-state index in [-0.39, 0.29) is 18.3 Å². The van der Waals surface area contributed by atoms with Crippen molar-refractivity contribution in [1.29, 1.82) is 0 Å². The van der Waals surface area contributed by atoms with Gasteiger partial charge >= 0.3 is 0 Å². The predicted octanol–water partition coefficient (Wildman–Crippen LogP) is 2.98. The molecule has 1 aliphatic rings. The second-order valence-electron chi connectivity index (χ2n) is 8.04. The fourth-order valence-electron chi connectivity index (χ4n) is 3.88. The van der Waals surface area contributed by atoms with Crippen LogP contribution in [0.3, 0.4) is 0 Å². The molecule has 5 heterocycles. The lowest BCUT2D eigenvalue weighted by atomic mass is 10.1. The molecule has 1 fully saturated rings. The second kappa shape index (κ2) is 8.84. The number of piperidine rings is 1. The van der Waals surface area contributed by atoms with Crippen molar-refractivity contribution < 1.29 is 9.53 Å². The lowest BCUT2D eigenvalue weighted by molar-refractivity contribution is 0.0990. The number of ketones is 1. The van der Waals surface area contributed by atoms with Crippen LogP contribution in [0.1, 0.15) is 28.9 Å². The number of aromatic nitrogens is 5. The highest BCUT2D eigenvalue weighted by Gasteiger charge is 2.16. The molecule has 1 saturated heterocycles. The Kier molecular flexibility index (Phi) is 5.60. The first kappa shape index (κ1) is 20.3. The molecule has 5 rings (SSSR count). The molecule has 162 valence electrons. The number of Topliss-reactive ketones (excluding diaryl/α,β-unsaturated/α-hetero) is 1. The summed E-state index contributed by atoms with van der Waals surface area (Å²) in [6.45, 7) is 1.89. The zero-order chi connectivity index (χ0) is 21.9. The molecule has 0 spiro atoms. The summed E-state index contributed by atoms with van der Waals surface area (Å²) in [4.78, 5) is 26.3. The smallest absolute Gasteiger partial charge is 0.170 e. The number of nitrogens with zero attached hydrogens (tertiary/aromatic N) is 5. The van der Waals surface area contributed by atoms with Gasteiger partial charge in [-0.2, -0.15) is 5.10 Å². The minimum Gasteiger partial charge on any atom is -0.489 e. The van der Waals surface area contributed by atoms with E-state index < -0.39 is 0 Å². The van der Waals surface area contributed by atoms with E-state index in [9.17, 15) is 4.79 Å². The van der Waals surface area contributed by atoms with Crippen LogP contribution in [0.5, 0.6) is 5.75 Å². The van der Waals surface area contributed by atoms with E-state index in [1.54, 1.807) is 35.5 Å². The number of carbonyl (C=O) groups is 1. The van der Waals surface area contributed by atoms with Gasteiger partial charge in [0.2, 0.25) is 0 Å². The second-order valence-corrected chi connectivity index (χ2v) is 8.04. The van der Waals surface area contributed by atoms with Crippen LogP contribution in [0.15, 0.2) is 55.2 Å². The van der Waals surface area contributed by atoms with E-state index in [1.165, 1.54) is 0 Å². The predicted molar refractivity (Wildman–Crippen MR) is 121 cm³/mol. The number of hydrogen-bond acceptors (Lipinski definition) is 7. The Morgan fingerprint density at radius 3 is 2.84 bits per heavy atom. The molecular weight excluding hydrogens is 404 g/mol. The van der Waals surface area contributed by atoms with Crippen molar-refractivity contribution in [2.24, 2.45) is 7.05 Å². The minimum atomic E-state index is -0.0523. The molecule has 1 N–H and O–H groups in total. The molecule has 0 amide bonds. The number of hydrogen-bond donors (Lipinski definition) is 1. The van der Waals surface area contributed by atoms with Crippen molar-refractivity contribution in [3.8, 4) is 17.0 Å². The zero-order valence-corrected chi connectivity index (χ0v) is 17.9. The number of rotatable bonds is 6. The Labute approximate surface area is 185 Å². The molecule has 4 aromatic heterocycles. The van der Waals surface area contributed by atoms with Gasteiger partial charge < -0.3 is 10.1 Å². The van der Waals surface area contributed by atoms with Crippen LogP contribution in [0, 0.1) is 0 Å². The van der Waals surface area contributed by atoms with E-state index in [1.807, 2.05) is 31.4 Å². The molecule has 8 heteroatoms. The average Bonchev–Trinajstić information content (AvgIpc) is 3.26. The summed E-state index contributed by atoms with van der Waals surface area (Å²) in [6.07, 6.45) is 10.9. The Balaban J connectivity index is 1.33. The number of carbonyl (C=O) groups excluding carboxylic acids is 1. The van der Waals surface area contributed by atoms with Gasteiger partial charge in [0.1, 0.15) is 11.9 Å². The zero-order valence-electron chi connectivity index (χ0n) is 17.9. The van der Waals surface area contributed by atoms with E-state index in [0.717, 1.165) is 48.1 Å². The van der Waals surface area contributed by atoms with Crippen molar-refractivity contribution in [1.82, 2.24) is 30.0 Å². The highest BCUT2D eigenvalue weighted by Crippen LogP contribution is 2.22. The summed E-state index contributed by atoms with van der Waals surface area (Å²) < 4.78 is 7.77. The maximum absolute atomic E-state index is 12.9. The van der Waals surface area contributed by atoms with Gasteiger partial charge in [0.05, 0.1) is 35.7 Å². The summed E-state index contributed by atoms with van der Waals surface area (Å²) in [7, 11) is 1.87. The molecular formula is C24H24N6O2. The number of nitrogens with one attached hydrogen (secondary N) is 1. The average molecular weight is 428 g/mol. The van der Waals surface area contributed by atoms with E-state index in [4.69, 9.17) is 9.72 Å². The molecule has 0 saturated carbocycles. The van der Waals surface area contributed by atoms with E-state index in [0.29, 0.717) is 17.0 Å². The third kappa shape index (κ3) is 4.50. The molecule has 8 nitrogen and oxygen atoms in total. The lowest BCUT2D eigenvalue weighted by Gasteiger charge is -2.23. The SMILES string of the molecule is Cn1cc(-c2ccc3cnc(CC(=O)c4cncc(OC5CCNCC5)c4)cc3n2)cn1. The van der Waals surface area contributed by atoms with Crippen LogP contribution in [0.4, 0.5) is 0 Å². The third-order valence-electron chi connectivity index (χ3n) is 5.60. The number of fused-ring (bicyclic) bond motifs is 1. The van der Waals surface area contributed by atoms with Gasteiger partial charge in [-0.1, -0.05) is 0 Å². The van der Waals surface area contributed by atoms with Crippen molar-refractivity contribution in [2.45, 2.75) is 25.4 Å². The van der Waals surface area contributed by atoms with E-state index >= 15 is 0 Å². The Morgan fingerprint density at radius 2 is 2.03 bits per heavy atom. The van der Waals surface area contributed by atoms with Gasteiger partial charge in [0.25, 0.3) is 0 Å². The standard InChI is InChI=1S/C24H24N6O2/c1-30-15-18(13-28-30)22-3-2-16-12-27-19(9-23(16)29-22)10-24(31)17-8-21(14-26-11-17)32-20-4-6-25-7-5-20/h2-3,8-9,11-15,20,25H,4-7,10H2,1H3. The van der Waals surface area contributed by atoms with Gasteiger partial charge in [-0.3, -0.25) is 19.4 Å². The van der Waals surface area contributed by atoms with Crippen molar-refractivity contribution in [3.63, 3.8) is 0 Å². The molecule has 4 aromatic rings. The van der Waals surface area contributed by atoms with Crippen LogP contribution >= 0.6 is 0 Å². The molecule has 0 aromatic carbocycles. The monoisotopic (exact) mass is 428 g/mol. The first-order valence-corrected chi connectivity index (χ1v) is 10.7. The van der Waals surface area contributed by atoms with Gasteiger partial charge in [0.15, 0.2) is 5.78 Å².